The van der Waals surface area contributed by atoms with E-state index in [0.29, 0.717) is 23.7 Å². The van der Waals surface area contributed by atoms with Gasteiger partial charge in [0.15, 0.2) is 0 Å². The zero-order valence-corrected chi connectivity index (χ0v) is 13.8. The number of hydrogen-bond donors (Lipinski definition) is 2. The molecule has 1 heterocycles. The van der Waals surface area contributed by atoms with E-state index >= 15 is 0 Å². The summed E-state index contributed by atoms with van der Waals surface area (Å²) in [4.78, 5) is 23.8. The second-order valence-corrected chi connectivity index (χ2v) is 5.55. The number of benzene rings is 1. The van der Waals surface area contributed by atoms with E-state index in [9.17, 15) is 14.0 Å². The number of ether oxygens (including phenoxy) is 2. The summed E-state index contributed by atoms with van der Waals surface area (Å²) in [5.74, 6) is -0.337. The maximum Gasteiger partial charge on any atom is 0.426 e. The molecule has 0 unspecified atom stereocenters. The molecule has 2 rings (SSSR count). The molecule has 1 aromatic heterocycles. The number of hydrogen-bond acceptors (Lipinski definition) is 5. The summed E-state index contributed by atoms with van der Waals surface area (Å²) >= 11 is 1.21. The van der Waals surface area contributed by atoms with E-state index in [-0.39, 0.29) is 12.4 Å². The number of hydrazine groups is 1. The fraction of sp³-hybridized carbons (Fsp3) is 0.250. The molecule has 0 radical (unpaired) electrons. The Morgan fingerprint density at radius 1 is 1.17 bits per heavy atom. The van der Waals surface area contributed by atoms with Crippen LogP contribution in [0.25, 0.3) is 0 Å². The van der Waals surface area contributed by atoms with Gasteiger partial charge in [-0.1, -0.05) is 12.1 Å². The fourth-order valence-electron chi connectivity index (χ4n) is 1.85. The number of nitrogens with one attached hydrogen (secondary N) is 2. The quantitative estimate of drug-likeness (QED) is 0.784. The van der Waals surface area contributed by atoms with Crippen LogP contribution in [-0.4, -0.2) is 25.2 Å². The third-order valence-electron chi connectivity index (χ3n) is 2.95. The molecule has 0 atom stereocenters. The molecule has 0 aliphatic carbocycles. The molecule has 2 N–H and O–H groups in total. The predicted molar refractivity (Wildman–Crippen MR) is 87.5 cm³/mol. The van der Waals surface area contributed by atoms with Gasteiger partial charge in [0.2, 0.25) is 0 Å². The number of carbonyl (C=O) groups is 2. The van der Waals surface area contributed by atoms with Gasteiger partial charge in [0.1, 0.15) is 16.4 Å². The first-order chi connectivity index (χ1) is 11.6. The van der Waals surface area contributed by atoms with Gasteiger partial charge in [-0.3, -0.25) is 10.2 Å². The number of amides is 2. The summed E-state index contributed by atoms with van der Waals surface area (Å²) in [6.45, 7) is 2.36. The Kier molecular flexibility index (Phi) is 6.56. The lowest BCUT2D eigenvalue weighted by molar-refractivity contribution is 0.0911. The maximum atomic E-state index is 12.8. The van der Waals surface area contributed by atoms with Crippen LogP contribution in [0, 0.1) is 5.82 Å². The highest BCUT2D eigenvalue weighted by molar-refractivity contribution is 7.12. The molecule has 8 heteroatoms. The maximum absolute atomic E-state index is 12.8. The van der Waals surface area contributed by atoms with Crippen molar-refractivity contribution in [1.82, 2.24) is 10.9 Å². The summed E-state index contributed by atoms with van der Waals surface area (Å²) in [6.07, 6.45) is -0.332. The van der Waals surface area contributed by atoms with Crippen molar-refractivity contribution in [2.24, 2.45) is 0 Å². The van der Waals surface area contributed by atoms with E-state index in [4.69, 9.17) is 9.47 Å². The molecule has 0 saturated heterocycles. The van der Waals surface area contributed by atoms with Crippen molar-refractivity contribution in [3.05, 3.63) is 52.0 Å². The normalized spacial score (nSPS) is 10.1. The Balaban J connectivity index is 1.71. The molecule has 0 bridgehead atoms. The van der Waals surface area contributed by atoms with E-state index in [1.54, 1.807) is 23.6 Å². The lowest BCUT2D eigenvalue weighted by Crippen LogP contribution is -2.41. The van der Waals surface area contributed by atoms with Crippen molar-refractivity contribution >= 4 is 23.3 Å². The van der Waals surface area contributed by atoms with Crippen molar-refractivity contribution in [1.29, 1.82) is 0 Å². The zero-order chi connectivity index (χ0) is 17.4. The van der Waals surface area contributed by atoms with Gasteiger partial charge >= 0.3 is 6.09 Å². The summed E-state index contributed by atoms with van der Waals surface area (Å²) in [7, 11) is 0. The van der Waals surface area contributed by atoms with E-state index < -0.39 is 12.0 Å². The highest BCUT2D eigenvalue weighted by Crippen LogP contribution is 2.24. The minimum absolute atomic E-state index is 0.108. The molecule has 0 fully saturated rings. The zero-order valence-electron chi connectivity index (χ0n) is 13.0. The molecule has 128 valence electrons. The summed E-state index contributed by atoms with van der Waals surface area (Å²) < 4.78 is 23.0. The molecule has 0 saturated carbocycles. The van der Waals surface area contributed by atoms with Gasteiger partial charge in [0, 0.05) is 6.42 Å². The van der Waals surface area contributed by atoms with Crippen LogP contribution in [0.15, 0.2) is 35.7 Å². The average Bonchev–Trinajstić information content (AvgIpc) is 3.03. The van der Waals surface area contributed by atoms with Crippen LogP contribution in [0.2, 0.25) is 0 Å². The second kappa shape index (κ2) is 8.88. The van der Waals surface area contributed by atoms with Gasteiger partial charge in [-0.15, -0.1) is 11.3 Å². The average molecular weight is 352 g/mol. The third-order valence-corrected chi connectivity index (χ3v) is 3.84. The van der Waals surface area contributed by atoms with Crippen LogP contribution < -0.4 is 15.6 Å². The highest BCUT2D eigenvalue weighted by Gasteiger charge is 2.15. The van der Waals surface area contributed by atoms with Crippen LogP contribution in [-0.2, 0) is 11.2 Å². The van der Waals surface area contributed by atoms with Gasteiger partial charge < -0.3 is 9.47 Å². The van der Waals surface area contributed by atoms with Crippen LogP contribution in [0.3, 0.4) is 0 Å². The summed E-state index contributed by atoms with van der Waals surface area (Å²) in [5, 5.41) is 1.72. The third kappa shape index (κ3) is 5.24. The van der Waals surface area contributed by atoms with Crippen LogP contribution in [0.5, 0.6) is 5.75 Å². The van der Waals surface area contributed by atoms with E-state index in [2.05, 4.69) is 10.9 Å². The molecule has 0 aliphatic heterocycles. The largest absolute Gasteiger partial charge is 0.492 e. The van der Waals surface area contributed by atoms with Gasteiger partial charge in [-0.2, -0.15) is 0 Å². The summed E-state index contributed by atoms with van der Waals surface area (Å²) in [5.41, 5.74) is 5.26. The Bertz CT molecular complexity index is 688. The minimum atomic E-state index is -0.778. The molecule has 0 aliphatic rings. The molecule has 6 nitrogen and oxygen atoms in total. The highest BCUT2D eigenvalue weighted by atomic mass is 32.1. The first-order valence-electron chi connectivity index (χ1n) is 7.28. The van der Waals surface area contributed by atoms with Gasteiger partial charge in [0.25, 0.3) is 5.91 Å². The predicted octanol–water partition coefficient (Wildman–Crippen LogP) is 2.90. The monoisotopic (exact) mass is 352 g/mol. The molecule has 1 aromatic carbocycles. The molecular formula is C16H17FN2O4S. The minimum Gasteiger partial charge on any atom is -0.492 e. The van der Waals surface area contributed by atoms with Crippen LogP contribution in [0.1, 0.15) is 22.2 Å². The van der Waals surface area contributed by atoms with Gasteiger partial charge in [-0.05, 0) is 36.1 Å². The van der Waals surface area contributed by atoms with Gasteiger partial charge in [-0.25, -0.2) is 14.6 Å². The number of thiophene rings is 1. The number of carbonyl (C=O) groups excluding carboxylic acids is 2. The van der Waals surface area contributed by atoms with Crippen molar-refractivity contribution in [2.75, 3.05) is 13.2 Å². The Morgan fingerprint density at radius 3 is 2.62 bits per heavy atom. The first-order valence-corrected chi connectivity index (χ1v) is 8.16. The van der Waals surface area contributed by atoms with E-state index in [1.807, 2.05) is 6.92 Å². The Morgan fingerprint density at radius 2 is 1.92 bits per heavy atom. The fourth-order valence-corrected chi connectivity index (χ4v) is 2.57. The Hall–Kier alpha value is -2.61. The lowest BCUT2D eigenvalue weighted by atomic mass is 10.2. The molecule has 24 heavy (non-hydrogen) atoms. The number of rotatable bonds is 6. The van der Waals surface area contributed by atoms with Gasteiger partial charge in [0.05, 0.1) is 13.2 Å². The lowest BCUT2D eigenvalue weighted by Gasteiger charge is -2.09. The summed E-state index contributed by atoms with van der Waals surface area (Å²) in [6, 6.07) is 7.60. The standard InChI is InChI=1S/C16H17FN2O4S/c1-2-22-13-8-10-24-14(13)15(20)18-19-16(21)23-9-7-11-3-5-12(17)6-4-11/h3-6,8,10H,2,7,9H2,1H3,(H,18,20)(H,19,21). The topological polar surface area (TPSA) is 76.7 Å². The molecule has 2 amide bonds. The van der Waals surface area contributed by atoms with Crippen molar-refractivity contribution < 1.29 is 23.5 Å². The second-order valence-electron chi connectivity index (χ2n) is 4.64. The SMILES string of the molecule is CCOc1ccsc1C(=O)NNC(=O)OCCc1ccc(F)cc1. The smallest absolute Gasteiger partial charge is 0.426 e. The van der Waals surface area contributed by atoms with E-state index in [0.717, 1.165) is 5.56 Å². The van der Waals surface area contributed by atoms with Crippen molar-refractivity contribution in [3.63, 3.8) is 0 Å². The van der Waals surface area contributed by atoms with Crippen molar-refractivity contribution in [3.8, 4) is 5.75 Å². The van der Waals surface area contributed by atoms with Crippen LogP contribution >= 0.6 is 11.3 Å². The molecular weight excluding hydrogens is 335 g/mol. The van der Waals surface area contributed by atoms with Crippen molar-refractivity contribution in [2.45, 2.75) is 13.3 Å². The van der Waals surface area contributed by atoms with E-state index in [1.165, 1.54) is 23.5 Å². The van der Waals surface area contributed by atoms with Crippen LogP contribution in [0.4, 0.5) is 9.18 Å². The first kappa shape index (κ1) is 17.7. The Labute approximate surface area is 142 Å². The molecule has 0 spiro atoms. The molecule has 2 aromatic rings. The number of halogens is 1.